The number of carbonyl (C=O) groups excluding carboxylic acids is 2. The van der Waals surface area contributed by atoms with Gasteiger partial charge >= 0.3 is 11.9 Å². The van der Waals surface area contributed by atoms with Gasteiger partial charge in [0, 0.05) is 11.1 Å². The third kappa shape index (κ3) is 5.87. The molecule has 0 aromatic carbocycles. The summed E-state index contributed by atoms with van der Waals surface area (Å²) in [6.07, 6.45) is -1.34. The van der Waals surface area contributed by atoms with Gasteiger partial charge in [-0.05, 0) is 13.8 Å². The van der Waals surface area contributed by atoms with Crippen molar-refractivity contribution in [2.75, 3.05) is 6.61 Å². The van der Waals surface area contributed by atoms with Crippen molar-refractivity contribution in [2.24, 2.45) is 5.92 Å². The molecule has 0 aromatic heterocycles. The zero-order chi connectivity index (χ0) is 13.6. The lowest BCUT2D eigenvalue weighted by atomic mass is 10.2. The highest BCUT2D eigenvalue weighted by atomic mass is 16.6. The van der Waals surface area contributed by atoms with Crippen LogP contribution in [0.5, 0.6) is 0 Å². The first-order valence-electron chi connectivity index (χ1n) is 5.13. The topological polar surface area (TPSA) is 72.8 Å². The van der Waals surface area contributed by atoms with Gasteiger partial charge in [0.2, 0.25) is 6.29 Å². The molecule has 0 bridgehead atoms. The lowest BCUT2D eigenvalue weighted by molar-refractivity contribution is -0.175. The number of hydrogen-bond donors (Lipinski definition) is 1. The predicted octanol–water partition coefficient (Wildman–Crippen LogP) is 1.18. The number of rotatable bonds is 6. The van der Waals surface area contributed by atoms with Crippen molar-refractivity contribution in [3.05, 3.63) is 24.3 Å². The molecule has 0 amide bonds. The first kappa shape index (κ1) is 15.4. The van der Waals surface area contributed by atoms with Crippen LogP contribution in [-0.4, -0.2) is 29.9 Å². The van der Waals surface area contributed by atoms with Gasteiger partial charge in [-0.25, -0.2) is 9.59 Å². The molecule has 1 N–H and O–H groups in total. The van der Waals surface area contributed by atoms with Crippen LogP contribution in [-0.2, 0) is 19.1 Å². The van der Waals surface area contributed by atoms with Gasteiger partial charge in [0.15, 0.2) is 0 Å². The van der Waals surface area contributed by atoms with Crippen molar-refractivity contribution in [2.45, 2.75) is 27.1 Å². The van der Waals surface area contributed by atoms with Gasteiger partial charge in [-0.3, -0.25) is 0 Å². The average Bonchev–Trinajstić information content (AvgIpc) is 2.24. The van der Waals surface area contributed by atoms with E-state index in [2.05, 4.69) is 17.9 Å². The largest absolute Gasteiger partial charge is 0.462 e. The lowest BCUT2D eigenvalue weighted by Gasteiger charge is -2.18. The molecule has 0 aliphatic rings. The number of ether oxygens (including phenoxy) is 2. The van der Waals surface area contributed by atoms with Crippen LogP contribution in [0.15, 0.2) is 24.3 Å². The number of hydrogen-bond acceptors (Lipinski definition) is 5. The summed E-state index contributed by atoms with van der Waals surface area (Å²) in [5.41, 5.74) is 0.459. The number of esters is 2. The summed E-state index contributed by atoms with van der Waals surface area (Å²) in [6.45, 7) is 11.3. The van der Waals surface area contributed by atoms with Crippen molar-refractivity contribution in [1.29, 1.82) is 0 Å². The molecule has 0 aliphatic heterocycles. The first-order chi connectivity index (χ1) is 7.75. The van der Waals surface area contributed by atoms with Gasteiger partial charge in [-0.2, -0.15) is 0 Å². The van der Waals surface area contributed by atoms with E-state index in [4.69, 9.17) is 4.74 Å². The average molecular weight is 242 g/mol. The van der Waals surface area contributed by atoms with E-state index in [9.17, 15) is 14.7 Å². The molecule has 0 radical (unpaired) electrons. The highest BCUT2D eigenvalue weighted by molar-refractivity contribution is 5.87. The minimum absolute atomic E-state index is 0.0592. The Morgan fingerprint density at radius 2 is 1.65 bits per heavy atom. The SMILES string of the molecule is C=C(C)C(=O)OCC(C)C(O)OC(=O)C(=C)C. The van der Waals surface area contributed by atoms with Crippen LogP contribution in [0.4, 0.5) is 0 Å². The highest BCUT2D eigenvalue weighted by Gasteiger charge is 2.20. The van der Waals surface area contributed by atoms with Crippen molar-refractivity contribution < 1.29 is 24.2 Å². The Balaban J connectivity index is 4.10. The smallest absolute Gasteiger partial charge is 0.335 e. The van der Waals surface area contributed by atoms with Crippen LogP contribution in [0.25, 0.3) is 0 Å². The zero-order valence-electron chi connectivity index (χ0n) is 10.4. The van der Waals surface area contributed by atoms with E-state index in [1.807, 2.05) is 0 Å². The Morgan fingerprint density at radius 1 is 1.18 bits per heavy atom. The minimum Gasteiger partial charge on any atom is -0.462 e. The summed E-state index contributed by atoms with van der Waals surface area (Å²) >= 11 is 0. The van der Waals surface area contributed by atoms with Crippen LogP contribution < -0.4 is 0 Å². The van der Waals surface area contributed by atoms with Crippen LogP contribution in [0.1, 0.15) is 20.8 Å². The van der Waals surface area contributed by atoms with E-state index in [1.54, 1.807) is 6.92 Å². The molecule has 5 heteroatoms. The van der Waals surface area contributed by atoms with Crippen LogP contribution in [0.3, 0.4) is 0 Å². The summed E-state index contributed by atoms with van der Waals surface area (Å²) in [5.74, 6) is -1.76. The quantitative estimate of drug-likeness (QED) is 0.430. The van der Waals surface area contributed by atoms with Gasteiger partial charge < -0.3 is 14.6 Å². The second-order valence-electron chi connectivity index (χ2n) is 3.93. The second-order valence-corrected chi connectivity index (χ2v) is 3.93. The second kappa shape index (κ2) is 6.85. The molecule has 5 nitrogen and oxygen atoms in total. The summed E-state index contributed by atoms with van der Waals surface area (Å²) < 4.78 is 9.49. The third-order valence-corrected chi connectivity index (χ3v) is 1.89. The fraction of sp³-hybridized carbons (Fsp3) is 0.500. The van der Waals surface area contributed by atoms with Crippen LogP contribution in [0.2, 0.25) is 0 Å². The summed E-state index contributed by atoms with van der Waals surface area (Å²) in [4.78, 5) is 22.2. The molecule has 0 aliphatic carbocycles. The molecule has 17 heavy (non-hydrogen) atoms. The lowest BCUT2D eigenvalue weighted by Crippen LogP contribution is -2.29. The molecule has 0 saturated carbocycles. The Hall–Kier alpha value is -1.62. The van der Waals surface area contributed by atoms with Gasteiger partial charge in [0.05, 0.1) is 5.92 Å². The van der Waals surface area contributed by atoms with Gasteiger partial charge in [0.1, 0.15) is 6.61 Å². The Morgan fingerprint density at radius 3 is 2.06 bits per heavy atom. The normalized spacial score (nSPS) is 13.4. The monoisotopic (exact) mass is 242 g/mol. The molecule has 0 spiro atoms. The van der Waals surface area contributed by atoms with Gasteiger partial charge in [-0.1, -0.05) is 20.1 Å². The maximum atomic E-state index is 11.1. The summed E-state index contributed by atoms with van der Waals surface area (Å²) in [5, 5.41) is 9.49. The molecule has 2 unspecified atom stereocenters. The number of aliphatic hydroxyl groups excluding tert-OH is 1. The number of aliphatic hydroxyl groups is 1. The zero-order valence-corrected chi connectivity index (χ0v) is 10.4. The molecule has 96 valence electrons. The van der Waals surface area contributed by atoms with Crippen molar-refractivity contribution in [3.8, 4) is 0 Å². The van der Waals surface area contributed by atoms with E-state index in [-0.39, 0.29) is 17.8 Å². The van der Waals surface area contributed by atoms with Crippen LogP contribution in [0, 0.1) is 5.92 Å². The first-order valence-corrected chi connectivity index (χ1v) is 5.13. The van der Waals surface area contributed by atoms with Crippen LogP contribution >= 0.6 is 0 Å². The fourth-order valence-corrected chi connectivity index (χ4v) is 0.739. The van der Waals surface area contributed by atoms with Crippen molar-refractivity contribution in [1.82, 2.24) is 0 Å². The molecule has 2 atom stereocenters. The molecular formula is C12H18O5. The van der Waals surface area contributed by atoms with E-state index >= 15 is 0 Å². The minimum atomic E-state index is -1.34. The predicted molar refractivity (Wildman–Crippen MR) is 61.8 cm³/mol. The third-order valence-electron chi connectivity index (χ3n) is 1.89. The Bertz CT molecular complexity index is 332. The molecule has 0 saturated heterocycles. The molecule has 0 aromatic rings. The molecular weight excluding hydrogens is 224 g/mol. The standard InChI is InChI=1S/C12H18O5/c1-7(2)10(13)16-6-9(5)12(15)17-11(14)8(3)4/h9,12,15H,1,3,6H2,2,4-5H3. The van der Waals surface area contributed by atoms with Crippen molar-refractivity contribution >= 4 is 11.9 Å². The fourth-order valence-electron chi connectivity index (χ4n) is 0.739. The van der Waals surface area contributed by atoms with Gasteiger partial charge in [-0.15, -0.1) is 0 Å². The van der Waals surface area contributed by atoms with Crippen molar-refractivity contribution in [3.63, 3.8) is 0 Å². The van der Waals surface area contributed by atoms with E-state index in [0.29, 0.717) is 0 Å². The summed E-state index contributed by atoms with van der Waals surface area (Å²) in [6, 6.07) is 0. The Kier molecular flexibility index (Phi) is 6.20. The Labute approximate surface area is 101 Å². The maximum Gasteiger partial charge on any atom is 0.335 e. The van der Waals surface area contributed by atoms with E-state index in [1.165, 1.54) is 13.8 Å². The summed E-state index contributed by atoms with van der Waals surface area (Å²) in [7, 11) is 0. The van der Waals surface area contributed by atoms with Gasteiger partial charge in [0.25, 0.3) is 0 Å². The molecule has 0 heterocycles. The van der Waals surface area contributed by atoms with E-state index in [0.717, 1.165) is 0 Å². The maximum absolute atomic E-state index is 11.1. The van der Waals surface area contributed by atoms with E-state index < -0.39 is 24.1 Å². The molecule has 0 fully saturated rings. The molecule has 0 rings (SSSR count). The highest BCUT2D eigenvalue weighted by Crippen LogP contribution is 2.08. The number of carbonyl (C=O) groups is 2.